The maximum Gasteiger partial charge on any atom is 0.0925 e. The molecule has 3 rings (SSSR count). The SMILES string of the molecule is Cc1ccc2c(n1)CC(O)C([C@H](C)c1nc[nH]c1C)C2. The second-order valence-electron chi connectivity index (χ2n) is 5.90. The number of fused-ring (bicyclic) bond motifs is 1. The molecule has 0 aromatic carbocycles. The molecule has 3 atom stereocenters. The van der Waals surface area contributed by atoms with Crippen molar-refractivity contribution in [2.45, 2.75) is 45.6 Å². The van der Waals surface area contributed by atoms with Crippen LogP contribution < -0.4 is 0 Å². The number of aromatic nitrogens is 3. The summed E-state index contributed by atoms with van der Waals surface area (Å²) in [6, 6.07) is 4.21. The molecule has 4 heteroatoms. The molecule has 0 fully saturated rings. The number of rotatable bonds is 2. The van der Waals surface area contributed by atoms with E-state index in [1.807, 2.05) is 13.8 Å². The molecule has 106 valence electrons. The standard InChI is InChI=1S/C16H21N3O/c1-9-4-5-12-6-13(15(20)7-14(12)19-9)10(2)16-11(3)17-8-18-16/h4-5,8,10,13,15,20H,6-7H2,1-3H3,(H,17,18)/t10-,13?,15?/m0/s1. The van der Waals surface area contributed by atoms with Gasteiger partial charge in [0.05, 0.1) is 18.1 Å². The van der Waals surface area contributed by atoms with E-state index >= 15 is 0 Å². The van der Waals surface area contributed by atoms with Crippen LogP contribution in [-0.2, 0) is 12.8 Å². The largest absolute Gasteiger partial charge is 0.392 e. The quantitative estimate of drug-likeness (QED) is 0.881. The highest BCUT2D eigenvalue weighted by atomic mass is 16.3. The first-order valence-electron chi connectivity index (χ1n) is 7.19. The first-order valence-corrected chi connectivity index (χ1v) is 7.19. The number of aryl methyl sites for hydroxylation is 2. The van der Waals surface area contributed by atoms with Crippen LogP contribution in [0, 0.1) is 19.8 Å². The monoisotopic (exact) mass is 271 g/mol. The Labute approximate surface area is 119 Å². The van der Waals surface area contributed by atoms with Gasteiger partial charge in [0.25, 0.3) is 0 Å². The minimum atomic E-state index is -0.345. The van der Waals surface area contributed by atoms with Gasteiger partial charge in [0.1, 0.15) is 0 Å². The summed E-state index contributed by atoms with van der Waals surface area (Å²) in [7, 11) is 0. The molecule has 2 unspecified atom stereocenters. The van der Waals surface area contributed by atoms with E-state index in [1.54, 1.807) is 6.33 Å². The van der Waals surface area contributed by atoms with E-state index in [-0.39, 0.29) is 17.9 Å². The summed E-state index contributed by atoms with van der Waals surface area (Å²) in [6.45, 7) is 6.19. The van der Waals surface area contributed by atoms with Gasteiger partial charge in [-0.15, -0.1) is 0 Å². The first kappa shape index (κ1) is 13.3. The summed E-state index contributed by atoms with van der Waals surface area (Å²) in [5, 5.41) is 10.5. The highest BCUT2D eigenvalue weighted by molar-refractivity contribution is 5.28. The molecule has 0 radical (unpaired) electrons. The number of hydrogen-bond acceptors (Lipinski definition) is 3. The van der Waals surface area contributed by atoms with Crippen molar-refractivity contribution in [1.29, 1.82) is 0 Å². The predicted octanol–water partition coefficient (Wildman–Crippen LogP) is 2.30. The third-order valence-corrected chi connectivity index (χ3v) is 4.50. The molecule has 0 saturated heterocycles. The molecule has 1 aliphatic rings. The van der Waals surface area contributed by atoms with Crippen molar-refractivity contribution in [2.24, 2.45) is 5.92 Å². The molecule has 0 spiro atoms. The van der Waals surface area contributed by atoms with Crippen molar-refractivity contribution < 1.29 is 5.11 Å². The lowest BCUT2D eigenvalue weighted by Gasteiger charge is -2.33. The lowest BCUT2D eigenvalue weighted by atomic mass is 9.76. The van der Waals surface area contributed by atoms with E-state index in [0.29, 0.717) is 6.42 Å². The highest BCUT2D eigenvalue weighted by Gasteiger charge is 2.33. The summed E-state index contributed by atoms with van der Waals surface area (Å²) in [5.74, 6) is 0.444. The summed E-state index contributed by atoms with van der Waals surface area (Å²) < 4.78 is 0. The lowest BCUT2D eigenvalue weighted by Crippen LogP contribution is -2.34. The van der Waals surface area contributed by atoms with Gasteiger partial charge in [-0.1, -0.05) is 13.0 Å². The zero-order chi connectivity index (χ0) is 14.3. The second-order valence-corrected chi connectivity index (χ2v) is 5.90. The molecule has 20 heavy (non-hydrogen) atoms. The highest BCUT2D eigenvalue weighted by Crippen LogP contribution is 2.35. The van der Waals surface area contributed by atoms with Crippen molar-refractivity contribution in [3.05, 3.63) is 46.8 Å². The van der Waals surface area contributed by atoms with Gasteiger partial charge in [0.15, 0.2) is 0 Å². The fraction of sp³-hybridized carbons (Fsp3) is 0.500. The van der Waals surface area contributed by atoms with Crippen LogP contribution in [0.3, 0.4) is 0 Å². The molecule has 2 aromatic heterocycles. The third kappa shape index (κ3) is 2.24. The van der Waals surface area contributed by atoms with Crippen LogP contribution in [0.1, 0.15) is 41.2 Å². The van der Waals surface area contributed by atoms with Crippen LogP contribution in [0.5, 0.6) is 0 Å². The maximum atomic E-state index is 10.5. The second kappa shape index (κ2) is 5.02. The van der Waals surface area contributed by atoms with Gasteiger partial charge in [-0.2, -0.15) is 0 Å². The van der Waals surface area contributed by atoms with Crippen molar-refractivity contribution >= 4 is 0 Å². The molecule has 0 amide bonds. The fourth-order valence-electron chi connectivity index (χ4n) is 3.28. The van der Waals surface area contributed by atoms with Crippen molar-refractivity contribution in [1.82, 2.24) is 15.0 Å². The van der Waals surface area contributed by atoms with Gasteiger partial charge in [0, 0.05) is 29.4 Å². The Bertz CT molecular complexity index is 620. The number of aromatic amines is 1. The van der Waals surface area contributed by atoms with Gasteiger partial charge in [-0.05, 0) is 37.8 Å². The Balaban J connectivity index is 1.89. The molecule has 4 nitrogen and oxygen atoms in total. The van der Waals surface area contributed by atoms with Crippen LogP contribution in [0.2, 0.25) is 0 Å². The number of hydrogen-bond donors (Lipinski definition) is 2. The normalized spacial score (nSPS) is 23.4. The van der Waals surface area contributed by atoms with Crippen molar-refractivity contribution in [2.75, 3.05) is 0 Å². The maximum absolute atomic E-state index is 10.5. The van der Waals surface area contributed by atoms with Crippen LogP contribution >= 0.6 is 0 Å². The zero-order valence-electron chi connectivity index (χ0n) is 12.2. The number of aliphatic hydroxyl groups is 1. The predicted molar refractivity (Wildman–Crippen MR) is 77.6 cm³/mol. The smallest absolute Gasteiger partial charge is 0.0925 e. The average Bonchev–Trinajstić information content (AvgIpc) is 2.83. The zero-order valence-corrected chi connectivity index (χ0v) is 12.2. The molecular weight excluding hydrogens is 250 g/mol. The number of nitrogens with one attached hydrogen (secondary N) is 1. The fourth-order valence-corrected chi connectivity index (χ4v) is 3.28. The van der Waals surface area contributed by atoms with E-state index in [4.69, 9.17) is 0 Å². The molecule has 2 heterocycles. The lowest BCUT2D eigenvalue weighted by molar-refractivity contribution is 0.0845. The molecule has 0 bridgehead atoms. The molecular formula is C16H21N3O. The Hall–Kier alpha value is -1.68. The minimum Gasteiger partial charge on any atom is -0.392 e. The van der Waals surface area contributed by atoms with Crippen LogP contribution in [0.25, 0.3) is 0 Å². The third-order valence-electron chi connectivity index (χ3n) is 4.50. The van der Waals surface area contributed by atoms with Crippen molar-refractivity contribution in [3.8, 4) is 0 Å². The van der Waals surface area contributed by atoms with Gasteiger partial charge >= 0.3 is 0 Å². The molecule has 0 saturated carbocycles. The average molecular weight is 271 g/mol. The number of H-pyrrole nitrogens is 1. The Kier molecular flexibility index (Phi) is 3.34. The Morgan fingerprint density at radius 3 is 2.80 bits per heavy atom. The minimum absolute atomic E-state index is 0.203. The van der Waals surface area contributed by atoms with E-state index < -0.39 is 0 Å². The van der Waals surface area contributed by atoms with E-state index in [0.717, 1.165) is 29.2 Å². The molecule has 2 aromatic rings. The first-order chi connectivity index (χ1) is 9.56. The number of pyridine rings is 1. The van der Waals surface area contributed by atoms with Crippen molar-refractivity contribution in [3.63, 3.8) is 0 Å². The number of aliphatic hydroxyl groups excluding tert-OH is 1. The Morgan fingerprint density at radius 2 is 2.10 bits per heavy atom. The van der Waals surface area contributed by atoms with E-state index in [1.165, 1.54) is 5.56 Å². The van der Waals surface area contributed by atoms with Gasteiger partial charge in [0.2, 0.25) is 0 Å². The summed E-state index contributed by atoms with van der Waals surface area (Å²) in [5.41, 5.74) is 5.51. The Morgan fingerprint density at radius 1 is 1.30 bits per heavy atom. The van der Waals surface area contributed by atoms with Gasteiger partial charge < -0.3 is 10.1 Å². The summed E-state index contributed by atoms with van der Waals surface area (Å²) >= 11 is 0. The molecule has 0 aliphatic heterocycles. The molecule has 1 aliphatic carbocycles. The van der Waals surface area contributed by atoms with Gasteiger partial charge in [-0.3, -0.25) is 4.98 Å². The number of imidazole rings is 1. The van der Waals surface area contributed by atoms with E-state index in [9.17, 15) is 5.11 Å². The number of nitrogens with zero attached hydrogens (tertiary/aromatic N) is 2. The van der Waals surface area contributed by atoms with Crippen LogP contribution in [-0.4, -0.2) is 26.2 Å². The van der Waals surface area contributed by atoms with E-state index in [2.05, 4.69) is 34.0 Å². The van der Waals surface area contributed by atoms with Crippen LogP contribution in [0.4, 0.5) is 0 Å². The van der Waals surface area contributed by atoms with Crippen LogP contribution in [0.15, 0.2) is 18.5 Å². The summed E-state index contributed by atoms with van der Waals surface area (Å²) in [4.78, 5) is 12.1. The topological polar surface area (TPSA) is 61.8 Å². The molecule has 2 N–H and O–H groups in total. The van der Waals surface area contributed by atoms with Gasteiger partial charge in [-0.25, -0.2) is 4.98 Å². The summed E-state index contributed by atoms with van der Waals surface area (Å²) in [6.07, 6.45) is 2.91.